The Morgan fingerprint density at radius 1 is 1.16 bits per heavy atom. The average Bonchev–Trinajstić information content (AvgIpc) is 2.91. The van der Waals surface area contributed by atoms with Gasteiger partial charge in [0.1, 0.15) is 0 Å². The number of ether oxygens (including phenoxy) is 2. The molecule has 0 aliphatic carbocycles. The highest BCUT2D eigenvalue weighted by atomic mass is 19.3. The molecule has 1 aromatic heterocycles. The maximum absolute atomic E-state index is 12.8. The van der Waals surface area contributed by atoms with Crippen LogP contribution in [-0.2, 0) is 11.3 Å². The van der Waals surface area contributed by atoms with E-state index >= 15 is 0 Å². The van der Waals surface area contributed by atoms with Gasteiger partial charge in [-0.25, -0.2) is 5.01 Å². The molecule has 1 aliphatic heterocycles. The highest BCUT2D eigenvalue weighted by molar-refractivity contribution is 6.06. The van der Waals surface area contributed by atoms with E-state index in [-0.39, 0.29) is 42.2 Å². The Hall–Kier alpha value is -4.34. The number of hydrogen-bond donors (Lipinski definition) is 1. The molecule has 0 saturated carbocycles. The third-order valence-electron chi connectivity index (χ3n) is 5.96. The standard InChI is InChI=1S/C27H26F2N4O4/c1-3-18-14-24(34)33(32-25(18)19-8-11-22(37-27(28)29)23(13-19)36-2)16-17-6-9-21(10-7-17)31-26(35)20-5-4-12-30-15-20/h4-13,15,18,27H,3,14,16H2,1-2H3,(H,31,35). The lowest BCUT2D eigenvalue weighted by molar-refractivity contribution is -0.133. The number of halogens is 2. The van der Waals surface area contributed by atoms with Crippen molar-refractivity contribution in [3.05, 3.63) is 83.7 Å². The molecule has 10 heteroatoms. The SMILES string of the molecule is CCC1CC(=O)N(Cc2ccc(NC(=O)c3cccnc3)cc2)N=C1c1ccc(OC(F)F)c(OC)c1. The molecule has 4 rings (SSSR count). The smallest absolute Gasteiger partial charge is 0.387 e. The monoisotopic (exact) mass is 508 g/mol. The summed E-state index contributed by atoms with van der Waals surface area (Å²) in [6.07, 6.45) is 4.03. The van der Waals surface area contributed by atoms with E-state index in [1.165, 1.54) is 24.4 Å². The maximum Gasteiger partial charge on any atom is 0.387 e. The van der Waals surface area contributed by atoms with Crippen molar-refractivity contribution in [2.24, 2.45) is 11.0 Å². The number of nitrogens with one attached hydrogen (secondary N) is 1. The van der Waals surface area contributed by atoms with Gasteiger partial charge >= 0.3 is 6.61 Å². The molecule has 2 aromatic carbocycles. The van der Waals surface area contributed by atoms with Crippen LogP contribution in [0.2, 0.25) is 0 Å². The molecule has 1 aliphatic rings. The Bertz CT molecular complexity index is 1280. The van der Waals surface area contributed by atoms with E-state index < -0.39 is 6.61 Å². The number of methoxy groups -OCH3 is 1. The van der Waals surface area contributed by atoms with Gasteiger partial charge in [-0.05, 0) is 54.4 Å². The van der Waals surface area contributed by atoms with E-state index in [0.29, 0.717) is 28.9 Å². The predicted octanol–water partition coefficient (Wildman–Crippen LogP) is 5.11. The second kappa shape index (κ2) is 11.6. The minimum Gasteiger partial charge on any atom is -0.493 e. The van der Waals surface area contributed by atoms with E-state index in [0.717, 1.165) is 5.56 Å². The third kappa shape index (κ3) is 6.27. The van der Waals surface area contributed by atoms with Crippen LogP contribution in [0.5, 0.6) is 11.5 Å². The first-order valence-corrected chi connectivity index (χ1v) is 11.7. The Balaban J connectivity index is 1.52. The lowest BCUT2D eigenvalue weighted by Crippen LogP contribution is -2.36. The van der Waals surface area contributed by atoms with Gasteiger partial charge < -0.3 is 14.8 Å². The molecule has 192 valence electrons. The number of amides is 2. The van der Waals surface area contributed by atoms with Gasteiger partial charge in [0.15, 0.2) is 11.5 Å². The van der Waals surface area contributed by atoms with Gasteiger partial charge in [0.2, 0.25) is 5.91 Å². The quantitative estimate of drug-likeness (QED) is 0.434. The lowest BCUT2D eigenvalue weighted by atomic mass is 9.89. The fraction of sp³-hybridized carbons (Fsp3) is 0.259. The minimum absolute atomic E-state index is 0.0747. The predicted molar refractivity (Wildman–Crippen MR) is 134 cm³/mol. The second-order valence-electron chi connectivity index (χ2n) is 8.38. The number of hydrazone groups is 1. The Labute approximate surface area is 212 Å². The molecule has 0 saturated heterocycles. The zero-order chi connectivity index (χ0) is 26.4. The van der Waals surface area contributed by atoms with Crippen LogP contribution in [0.4, 0.5) is 14.5 Å². The first-order valence-electron chi connectivity index (χ1n) is 11.7. The molecule has 1 unspecified atom stereocenters. The van der Waals surface area contributed by atoms with Gasteiger partial charge in [0, 0.05) is 36.0 Å². The normalized spacial score (nSPS) is 15.4. The molecule has 0 radical (unpaired) electrons. The minimum atomic E-state index is -2.97. The zero-order valence-corrected chi connectivity index (χ0v) is 20.4. The molecule has 0 spiro atoms. The second-order valence-corrected chi connectivity index (χ2v) is 8.38. The summed E-state index contributed by atoms with van der Waals surface area (Å²) < 4.78 is 35.2. The summed E-state index contributed by atoms with van der Waals surface area (Å²) in [6.45, 7) is -0.773. The van der Waals surface area contributed by atoms with Crippen LogP contribution in [0.15, 0.2) is 72.1 Å². The van der Waals surface area contributed by atoms with Crippen molar-refractivity contribution in [3.8, 4) is 11.5 Å². The van der Waals surface area contributed by atoms with E-state index in [9.17, 15) is 18.4 Å². The number of hydrogen-bond acceptors (Lipinski definition) is 6. The van der Waals surface area contributed by atoms with E-state index in [1.807, 2.05) is 19.1 Å². The van der Waals surface area contributed by atoms with E-state index in [4.69, 9.17) is 4.74 Å². The summed E-state index contributed by atoms with van der Waals surface area (Å²) in [5, 5.41) is 8.85. The molecule has 1 atom stereocenters. The van der Waals surface area contributed by atoms with Gasteiger partial charge in [-0.15, -0.1) is 0 Å². The topological polar surface area (TPSA) is 93.1 Å². The van der Waals surface area contributed by atoms with Crippen molar-refractivity contribution in [1.82, 2.24) is 9.99 Å². The Kier molecular flexibility index (Phi) is 8.07. The summed E-state index contributed by atoms with van der Waals surface area (Å²) in [5.74, 6) is -0.432. The summed E-state index contributed by atoms with van der Waals surface area (Å²) in [4.78, 5) is 29.1. The third-order valence-corrected chi connectivity index (χ3v) is 5.96. The fourth-order valence-electron chi connectivity index (χ4n) is 4.02. The van der Waals surface area contributed by atoms with Crippen LogP contribution in [0.1, 0.15) is 41.3 Å². The maximum atomic E-state index is 12.8. The highest BCUT2D eigenvalue weighted by Crippen LogP contribution is 2.33. The fourth-order valence-corrected chi connectivity index (χ4v) is 4.02. The van der Waals surface area contributed by atoms with Crippen molar-refractivity contribution in [2.75, 3.05) is 12.4 Å². The summed E-state index contributed by atoms with van der Waals surface area (Å²) in [5.41, 5.74) is 3.21. The largest absolute Gasteiger partial charge is 0.493 e. The highest BCUT2D eigenvalue weighted by Gasteiger charge is 2.30. The van der Waals surface area contributed by atoms with Gasteiger partial charge in [0.25, 0.3) is 5.91 Å². The van der Waals surface area contributed by atoms with Crippen molar-refractivity contribution < 1.29 is 27.8 Å². The summed E-state index contributed by atoms with van der Waals surface area (Å²) in [6, 6.07) is 15.1. The Morgan fingerprint density at radius 2 is 1.95 bits per heavy atom. The van der Waals surface area contributed by atoms with Crippen LogP contribution in [0, 0.1) is 5.92 Å². The van der Waals surface area contributed by atoms with Gasteiger partial charge in [-0.3, -0.25) is 14.6 Å². The van der Waals surface area contributed by atoms with Crippen LogP contribution >= 0.6 is 0 Å². The molecule has 2 amide bonds. The first kappa shape index (κ1) is 25.7. The number of rotatable bonds is 9. The van der Waals surface area contributed by atoms with Crippen LogP contribution in [0.3, 0.4) is 0 Å². The molecule has 0 fully saturated rings. The van der Waals surface area contributed by atoms with Crippen LogP contribution in [-0.4, -0.2) is 41.2 Å². The number of nitrogens with zero attached hydrogens (tertiary/aromatic N) is 3. The van der Waals surface area contributed by atoms with Crippen molar-refractivity contribution in [2.45, 2.75) is 32.9 Å². The molecule has 8 nitrogen and oxygen atoms in total. The first-order chi connectivity index (χ1) is 17.9. The molecule has 3 aromatic rings. The van der Waals surface area contributed by atoms with E-state index in [2.05, 4.69) is 20.1 Å². The van der Waals surface area contributed by atoms with Crippen LogP contribution < -0.4 is 14.8 Å². The number of anilines is 1. The van der Waals surface area contributed by atoms with Crippen LogP contribution in [0.25, 0.3) is 0 Å². The molecule has 2 heterocycles. The molecular formula is C27H26F2N4O4. The van der Waals surface area contributed by atoms with Gasteiger partial charge in [0.05, 0.1) is 24.9 Å². The number of carbonyl (C=O) groups excluding carboxylic acids is 2. The number of benzene rings is 2. The van der Waals surface area contributed by atoms with Crippen molar-refractivity contribution in [1.29, 1.82) is 0 Å². The number of pyridine rings is 1. The van der Waals surface area contributed by atoms with E-state index in [1.54, 1.807) is 42.6 Å². The van der Waals surface area contributed by atoms with Gasteiger partial charge in [-0.2, -0.15) is 13.9 Å². The molecular weight excluding hydrogens is 482 g/mol. The average molecular weight is 509 g/mol. The molecule has 1 N–H and O–H groups in total. The molecule has 37 heavy (non-hydrogen) atoms. The number of aromatic nitrogens is 1. The number of alkyl halides is 2. The number of carbonyl (C=O) groups is 2. The van der Waals surface area contributed by atoms with Crippen molar-refractivity contribution >= 4 is 23.2 Å². The van der Waals surface area contributed by atoms with Gasteiger partial charge in [-0.1, -0.05) is 19.1 Å². The summed E-state index contributed by atoms with van der Waals surface area (Å²) >= 11 is 0. The Morgan fingerprint density at radius 3 is 2.59 bits per heavy atom. The lowest BCUT2D eigenvalue weighted by Gasteiger charge is -2.29. The summed E-state index contributed by atoms with van der Waals surface area (Å²) in [7, 11) is 1.37. The molecule has 0 bridgehead atoms. The zero-order valence-electron chi connectivity index (χ0n) is 20.4. The van der Waals surface area contributed by atoms with Crippen molar-refractivity contribution in [3.63, 3.8) is 0 Å².